The second kappa shape index (κ2) is 11.0. The minimum absolute atomic E-state index is 0.132. The fraction of sp³-hybridized carbons (Fsp3) is 0.346. The zero-order valence-corrected chi connectivity index (χ0v) is 20.4. The van der Waals surface area contributed by atoms with Crippen LogP contribution in [0.25, 0.3) is 11.3 Å². The number of nitrogen functional groups attached to an aromatic ring is 1. The number of thioether (sulfide) groups is 1. The van der Waals surface area contributed by atoms with Crippen molar-refractivity contribution in [3.05, 3.63) is 59.8 Å². The van der Waals surface area contributed by atoms with E-state index in [2.05, 4.69) is 43.7 Å². The molecule has 182 valence electrons. The van der Waals surface area contributed by atoms with Crippen LogP contribution >= 0.6 is 11.8 Å². The van der Waals surface area contributed by atoms with E-state index in [0.29, 0.717) is 42.7 Å². The van der Waals surface area contributed by atoms with Gasteiger partial charge in [-0.3, -0.25) is 4.79 Å². The summed E-state index contributed by atoms with van der Waals surface area (Å²) in [5.74, 6) is 2.62. The Hall–Kier alpha value is -3.30. The summed E-state index contributed by atoms with van der Waals surface area (Å²) >= 11 is 2.00. The van der Waals surface area contributed by atoms with Gasteiger partial charge in [0.25, 0.3) is 5.91 Å². The largest absolute Gasteiger partial charge is 0.398 e. The van der Waals surface area contributed by atoms with Crippen molar-refractivity contribution in [3.63, 3.8) is 0 Å². The molecule has 6 rings (SSSR count). The molecule has 8 nitrogen and oxygen atoms in total. The maximum atomic E-state index is 12.5. The smallest absolute Gasteiger partial charge is 0.251 e. The number of carbonyl (C=O) groups is 1. The predicted molar refractivity (Wildman–Crippen MR) is 142 cm³/mol. The topological polar surface area (TPSA) is 105 Å². The number of nitrogens with zero attached hydrogens (tertiary/aromatic N) is 3. The summed E-state index contributed by atoms with van der Waals surface area (Å²) in [5, 5.41) is 6.31. The molecule has 1 amide bonds. The summed E-state index contributed by atoms with van der Waals surface area (Å²) < 4.78 is 6.05. The minimum atomic E-state index is -0.132. The summed E-state index contributed by atoms with van der Waals surface area (Å²) in [6, 6.07) is 13.5. The molecule has 2 aromatic carbocycles. The Balaban J connectivity index is 1.47. The van der Waals surface area contributed by atoms with Gasteiger partial charge in [0.15, 0.2) is 0 Å². The van der Waals surface area contributed by atoms with E-state index in [9.17, 15) is 4.79 Å². The first kappa shape index (κ1) is 23.4. The summed E-state index contributed by atoms with van der Waals surface area (Å²) in [5.41, 5.74) is 12.1. The number of anilines is 4. The van der Waals surface area contributed by atoms with E-state index in [1.807, 2.05) is 23.9 Å². The average Bonchev–Trinajstić information content (AvgIpc) is 2.88. The van der Waals surface area contributed by atoms with Gasteiger partial charge in [-0.1, -0.05) is 0 Å². The van der Waals surface area contributed by atoms with Crippen molar-refractivity contribution >= 4 is 40.7 Å². The lowest BCUT2D eigenvalue weighted by Crippen LogP contribution is -2.33. The number of hydrogen-bond donors (Lipinski definition) is 3. The molecule has 1 aromatic heterocycles. The number of amides is 1. The molecular formula is C26H30N6O2S. The van der Waals surface area contributed by atoms with Gasteiger partial charge in [0.05, 0.1) is 12.3 Å². The molecule has 9 heteroatoms. The minimum Gasteiger partial charge on any atom is -0.398 e. The second-order valence-corrected chi connectivity index (χ2v) is 9.88. The zero-order valence-electron chi connectivity index (χ0n) is 19.6. The molecular weight excluding hydrogens is 460 g/mol. The van der Waals surface area contributed by atoms with Crippen molar-refractivity contribution in [2.24, 2.45) is 0 Å². The number of carbonyl (C=O) groups excluding carboxylic acids is 1. The number of benzene rings is 2. The second-order valence-electron chi connectivity index (χ2n) is 8.65. The molecule has 4 N–H and O–H groups in total. The van der Waals surface area contributed by atoms with E-state index in [4.69, 9.17) is 10.5 Å². The molecule has 1 fully saturated rings. The third-order valence-electron chi connectivity index (χ3n) is 6.19. The van der Waals surface area contributed by atoms with Crippen molar-refractivity contribution in [2.45, 2.75) is 19.4 Å². The van der Waals surface area contributed by atoms with Crippen LogP contribution in [0.2, 0.25) is 0 Å². The summed E-state index contributed by atoms with van der Waals surface area (Å²) in [7, 11) is 0. The molecule has 0 spiro atoms. The first-order valence-electron chi connectivity index (χ1n) is 12.0. The highest BCUT2D eigenvalue weighted by Crippen LogP contribution is 2.30. The Labute approximate surface area is 209 Å². The van der Waals surface area contributed by atoms with Crippen molar-refractivity contribution in [1.82, 2.24) is 15.3 Å². The van der Waals surface area contributed by atoms with Crippen LogP contribution in [0.15, 0.2) is 48.7 Å². The molecule has 0 atom stereocenters. The fourth-order valence-electron chi connectivity index (χ4n) is 4.34. The number of aromatic nitrogens is 2. The van der Waals surface area contributed by atoms with Gasteiger partial charge in [-0.25, -0.2) is 9.97 Å². The summed E-state index contributed by atoms with van der Waals surface area (Å²) in [6.45, 7) is 3.83. The molecule has 0 radical (unpaired) electrons. The molecule has 6 bridgehead atoms. The van der Waals surface area contributed by atoms with E-state index in [1.54, 1.807) is 18.3 Å². The van der Waals surface area contributed by atoms with Crippen LogP contribution in [0.1, 0.15) is 28.8 Å². The van der Waals surface area contributed by atoms with Crippen LogP contribution in [0.3, 0.4) is 0 Å². The van der Waals surface area contributed by atoms with E-state index >= 15 is 0 Å². The van der Waals surface area contributed by atoms with Gasteiger partial charge in [0, 0.05) is 77.7 Å². The van der Waals surface area contributed by atoms with Crippen molar-refractivity contribution in [2.75, 3.05) is 53.7 Å². The Morgan fingerprint density at radius 3 is 2.80 bits per heavy atom. The molecule has 0 aliphatic carbocycles. The van der Waals surface area contributed by atoms with Crippen LogP contribution < -0.4 is 21.3 Å². The number of ether oxygens (including phenoxy) is 1. The molecule has 35 heavy (non-hydrogen) atoms. The van der Waals surface area contributed by atoms with Crippen LogP contribution in [0, 0.1) is 0 Å². The van der Waals surface area contributed by atoms with Crippen LogP contribution in [-0.4, -0.2) is 53.6 Å². The van der Waals surface area contributed by atoms with Gasteiger partial charge in [0.2, 0.25) is 5.95 Å². The van der Waals surface area contributed by atoms with E-state index in [0.717, 1.165) is 54.3 Å². The monoisotopic (exact) mass is 490 g/mol. The van der Waals surface area contributed by atoms with Gasteiger partial charge >= 0.3 is 0 Å². The predicted octanol–water partition coefficient (Wildman–Crippen LogP) is 4.06. The highest BCUT2D eigenvalue weighted by atomic mass is 32.2. The van der Waals surface area contributed by atoms with Crippen LogP contribution in [-0.2, 0) is 11.3 Å². The van der Waals surface area contributed by atoms with Gasteiger partial charge in [-0.05, 0) is 55.3 Å². The van der Waals surface area contributed by atoms with Crippen LogP contribution in [0.5, 0.6) is 0 Å². The normalized spacial score (nSPS) is 17.0. The van der Waals surface area contributed by atoms with Gasteiger partial charge in [-0.2, -0.15) is 11.8 Å². The molecule has 3 aliphatic rings. The standard InChI is InChI=1S/C26H30N6O2S/c27-22-16-18-3-5-21(22)23-7-9-29-26(31-23)30-20-4-6-24(32-10-13-35-14-11-32)19(15-20)17-34-12-2-1-8-28-25(18)33/h3-7,9,15-16H,1-2,8,10-14,17,27H2,(H,28,33)(H,29,30,31). The number of nitrogens with one attached hydrogen (secondary N) is 2. The first-order chi connectivity index (χ1) is 17.2. The molecule has 3 aliphatic heterocycles. The van der Waals surface area contributed by atoms with Crippen molar-refractivity contribution in [3.8, 4) is 11.3 Å². The molecule has 0 saturated carbocycles. The van der Waals surface area contributed by atoms with Crippen molar-refractivity contribution < 1.29 is 9.53 Å². The van der Waals surface area contributed by atoms with Gasteiger partial charge < -0.3 is 26.0 Å². The Morgan fingerprint density at radius 2 is 1.94 bits per heavy atom. The number of hydrogen-bond acceptors (Lipinski definition) is 8. The maximum Gasteiger partial charge on any atom is 0.251 e. The number of rotatable bonds is 1. The molecule has 3 aromatic rings. The molecule has 4 heterocycles. The fourth-order valence-corrected chi connectivity index (χ4v) is 5.25. The maximum absolute atomic E-state index is 12.5. The quantitative estimate of drug-likeness (QED) is 0.439. The number of fused-ring (bicyclic) bond motifs is 9. The lowest BCUT2D eigenvalue weighted by molar-refractivity contribution is 0.0946. The Bertz CT molecular complexity index is 1200. The van der Waals surface area contributed by atoms with E-state index in [-0.39, 0.29) is 5.91 Å². The van der Waals surface area contributed by atoms with Crippen LogP contribution in [0.4, 0.5) is 23.0 Å². The first-order valence-corrected chi connectivity index (χ1v) is 13.1. The number of nitrogens with two attached hydrogens (primary N) is 1. The Morgan fingerprint density at radius 1 is 1.06 bits per heavy atom. The zero-order chi connectivity index (χ0) is 24.0. The highest BCUT2D eigenvalue weighted by Gasteiger charge is 2.16. The van der Waals surface area contributed by atoms with E-state index < -0.39 is 0 Å². The van der Waals surface area contributed by atoms with Crippen molar-refractivity contribution in [1.29, 1.82) is 0 Å². The third-order valence-corrected chi connectivity index (χ3v) is 7.13. The lowest BCUT2D eigenvalue weighted by Gasteiger charge is -2.30. The molecule has 1 saturated heterocycles. The van der Waals surface area contributed by atoms with Gasteiger partial charge in [0.1, 0.15) is 0 Å². The summed E-state index contributed by atoms with van der Waals surface area (Å²) in [4.78, 5) is 24.1. The average molecular weight is 491 g/mol. The SMILES string of the molecule is Nc1cc2ccc1-c1ccnc(n1)Nc1ccc(N3CCSCC3)c(c1)COCCCCNC2=O. The molecule has 0 unspecified atom stereocenters. The highest BCUT2D eigenvalue weighted by molar-refractivity contribution is 7.99. The lowest BCUT2D eigenvalue weighted by atomic mass is 10.1. The van der Waals surface area contributed by atoms with Gasteiger partial charge in [-0.15, -0.1) is 0 Å². The van der Waals surface area contributed by atoms with E-state index in [1.165, 1.54) is 5.69 Å². The Kier molecular flexibility index (Phi) is 7.34. The third kappa shape index (κ3) is 5.68. The summed E-state index contributed by atoms with van der Waals surface area (Å²) in [6.07, 6.45) is 3.42.